The van der Waals surface area contributed by atoms with E-state index in [1.165, 1.54) is 6.20 Å². The molecule has 1 atom stereocenters. The van der Waals surface area contributed by atoms with Crippen molar-refractivity contribution in [2.24, 2.45) is 11.8 Å². The van der Waals surface area contributed by atoms with Crippen LogP contribution in [0.2, 0.25) is 0 Å². The van der Waals surface area contributed by atoms with E-state index < -0.39 is 17.9 Å². The van der Waals surface area contributed by atoms with Crippen molar-refractivity contribution in [3.8, 4) is 0 Å². The van der Waals surface area contributed by atoms with Gasteiger partial charge in [-0.1, -0.05) is 0 Å². The number of carbonyl (C=O) groups is 1. The predicted octanol–water partition coefficient (Wildman–Crippen LogP) is 3.84. The molecule has 0 aromatic carbocycles. The number of hydrogen-bond donors (Lipinski definition) is 1. The third-order valence-electron chi connectivity index (χ3n) is 6.39. The number of nitrogens with one attached hydrogen (secondary N) is 1. The Morgan fingerprint density at radius 1 is 1.18 bits per heavy atom. The van der Waals surface area contributed by atoms with Gasteiger partial charge in [0.05, 0.1) is 17.9 Å². The number of ether oxygens (including phenoxy) is 1. The third-order valence-corrected chi connectivity index (χ3v) is 6.39. The molecule has 2 aromatic rings. The molecular formula is C23H31F3N6O2. The zero-order valence-corrected chi connectivity index (χ0v) is 20.1. The fourth-order valence-electron chi connectivity index (χ4n) is 4.56. The van der Waals surface area contributed by atoms with Crippen LogP contribution in [0.15, 0.2) is 12.3 Å². The first kappa shape index (κ1) is 24.4. The van der Waals surface area contributed by atoms with Gasteiger partial charge in [-0.15, -0.1) is 0 Å². The van der Waals surface area contributed by atoms with Crippen molar-refractivity contribution in [2.45, 2.75) is 71.3 Å². The van der Waals surface area contributed by atoms with Crippen LogP contribution in [0.5, 0.6) is 0 Å². The lowest BCUT2D eigenvalue weighted by Crippen LogP contribution is -2.50. The van der Waals surface area contributed by atoms with Gasteiger partial charge in [0.25, 0.3) is 0 Å². The maximum Gasteiger partial charge on any atom is 0.433 e. The number of carbonyl (C=O) groups excluding carboxylic acids is 1. The van der Waals surface area contributed by atoms with Crippen LogP contribution in [0.1, 0.15) is 50.8 Å². The van der Waals surface area contributed by atoms with Crippen molar-refractivity contribution in [3.05, 3.63) is 29.5 Å². The fraction of sp³-hybridized carbons (Fsp3) is 0.652. The van der Waals surface area contributed by atoms with Crippen molar-refractivity contribution in [3.63, 3.8) is 0 Å². The Morgan fingerprint density at radius 3 is 2.53 bits per heavy atom. The Labute approximate surface area is 196 Å². The van der Waals surface area contributed by atoms with Crippen LogP contribution >= 0.6 is 0 Å². The molecule has 186 valence electrons. The van der Waals surface area contributed by atoms with Crippen LogP contribution in [0, 0.1) is 18.8 Å². The summed E-state index contributed by atoms with van der Waals surface area (Å²) in [5.74, 6) is 1.62. The first-order valence-corrected chi connectivity index (χ1v) is 11.5. The summed E-state index contributed by atoms with van der Waals surface area (Å²) >= 11 is 0. The topological polar surface area (TPSA) is 85.2 Å². The number of nitrogens with zero attached hydrogens (tertiary/aromatic N) is 5. The Morgan fingerprint density at radius 2 is 1.88 bits per heavy atom. The molecule has 0 saturated heterocycles. The minimum absolute atomic E-state index is 0.144. The van der Waals surface area contributed by atoms with E-state index in [-0.39, 0.29) is 30.6 Å². The van der Waals surface area contributed by atoms with Crippen molar-refractivity contribution >= 4 is 17.4 Å². The Hall–Kier alpha value is -2.69. The summed E-state index contributed by atoms with van der Waals surface area (Å²) in [6, 6.07) is 0.508. The molecule has 8 nitrogen and oxygen atoms in total. The predicted molar refractivity (Wildman–Crippen MR) is 120 cm³/mol. The summed E-state index contributed by atoms with van der Waals surface area (Å²) in [4.78, 5) is 23.8. The minimum Gasteiger partial charge on any atom is -0.373 e. The average molecular weight is 481 g/mol. The smallest absolute Gasteiger partial charge is 0.373 e. The standard InChI is InChI=1S/C23H31F3N6O2/c1-13-19-20(31(5)16(21(33)30-19)12-34-22(2,3)4)29-18(28-13)10-14-8-15(9-14)11-32-17(6-7-27-32)23(24,25)26/h6-7,14-16H,8-12H2,1-5H3,(H,30,33)/t14?,15?,16-/m0/s1. The van der Waals surface area contributed by atoms with Gasteiger partial charge in [0.15, 0.2) is 5.82 Å². The number of alkyl halides is 3. The second-order valence-electron chi connectivity index (χ2n) is 10.3. The van der Waals surface area contributed by atoms with E-state index in [1.54, 1.807) is 0 Å². The molecule has 11 heteroatoms. The highest BCUT2D eigenvalue weighted by atomic mass is 19.4. The van der Waals surface area contributed by atoms with Crippen LogP contribution < -0.4 is 10.2 Å². The lowest BCUT2D eigenvalue weighted by molar-refractivity contribution is -0.144. The van der Waals surface area contributed by atoms with Gasteiger partial charge in [-0.05, 0) is 58.4 Å². The second kappa shape index (κ2) is 8.83. The van der Waals surface area contributed by atoms with Crippen molar-refractivity contribution in [1.29, 1.82) is 0 Å². The number of anilines is 2. The van der Waals surface area contributed by atoms with E-state index in [4.69, 9.17) is 9.72 Å². The van der Waals surface area contributed by atoms with Crippen LogP contribution in [-0.2, 0) is 28.7 Å². The minimum atomic E-state index is -4.40. The summed E-state index contributed by atoms with van der Waals surface area (Å²) < 4.78 is 46.1. The van der Waals surface area contributed by atoms with Crippen LogP contribution in [0.3, 0.4) is 0 Å². The molecule has 1 fully saturated rings. The molecule has 3 heterocycles. The number of halogens is 3. The van der Waals surface area contributed by atoms with E-state index in [0.29, 0.717) is 35.4 Å². The van der Waals surface area contributed by atoms with Crippen molar-refractivity contribution in [2.75, 3.05) is 23.9 Å². The second-order valence-corrected chi connectivity index (χ2v) is 10.3. The molecule has 1 aliphatic carbocycles. The van der Waals surface area contributed by atoms with E-state index in [9.17, 15) is 18.0 Å². The van der Waals surface area contributed by atoms with Gasteiger partial charge in [-0.25, -0.2) is 9.97 Å². The third kappa shape index (κ3) is 5.18. The molecule has 1 N–H and O–H groups in total. The van der Waals surface area contributed by atoms with Gasteiger partial charge < -0.3 is 15.0 Å². The molecule has 0 bridgehead atoms. The SMILES string of the molecule is Cc1nc(CC2CC(Cn3nccc3C(F)(F)F)C2)nc2c1NC(=O)[C@H](COC(C)(C)C)N2C. The Bertz CT molecular complexity index is 1060. The number of likely N-dealkylation sites (N-methyl/N-ethyl adjacent to an activating group) is 1. The van der Waals surface area contributed by atoms with Gasteiger partial charge in [0, 0.05) is 26.2 Å². The van der Waals surface area contributed by atoms with Gasteiger partial charge in [0.2, 0.25) is 5.91 Å². The van der Waals surface area contributed by atoms with Gasteiger partial charge in [0.1, 0.15) is 23.2 Å². The molecule has 4 rings (SSSR count). The first-order valence-electron chi connectivity index (χ1n) is 11.5. The van der Waals surface area contributed by atoms with E-state index in [0.717, 1.165) is 23.6 Å². The van der Waals surface area contributed by atoms with E-state index in [2.05, 4.69) is 15.4 Å². The fourth-order valence-corrected chi connectivity index (χ4v) is 4.56. The number of fused-ring (bicyclic) bond motifs is 1. The molecule has 1 saturated carbocycles. The highest BCUT2D eigenvalue weighted by Gasteiger charge is 2.38. The lowest BCUT2D eigenvalue weighted by Gasteiger charge is -2.37. The zero-order chi connectivity index (χ0) is 24.8. The number of hydrogen-bond acceptors (Lipinski definition) is 6. The molecule has 0 unspecified atom stereocenters. The monoisotopic (exact) mass is 480 g/mol. The summed E-state index contributed by atoms with van der Waals surface area (Å²) in [7, 11) is 1.83. The average Bonchev–Trinajstić information content (AvgIpc) is 3.15. The molecule has 2 aliphatic rings. The zero-order valence-electron chi connectivity index (χ0n) is 20.1. The summed E-state index contributed by atoms with van der Waals surface area (Å²) in [5, 5.41) is 6.76. The van der Waals surface area contributed by atoms with Crippen molar-refractivity contribution in [1.82, 2.24) is 19.7 Å². The highest BCUT2D eigenvalue weighted by molar-refractivity contribution is 6.03. The molecule has 34 heavy (non-hydrogen) atoms. The summed E-state index contributed by atoms with van der Waals surface area (Å²) in [6.45, 7) is 8.15. The normalized spacial score (nSPS) is 22.9. The highest BCUT2D eigenvalue weighted by Crippen LogP contribution is 2.39. The Balaban J connectivity index is 1.40. The maximum absolute atomic E-state index is 13.1. The van der Waals surface area contributed by atoms with E-state index >= 15 is 0 Å². The number of rotatable bonds is 6. The number of aromatic nitrogens is 4. The molecule has 1 amide bonds. The maximum atomic E-state index is 13.1. The quantitative estimate of drug-likeness (QED) is 0.676. The lowest BCUT2D eigenvalue weighted by atomic mass is 9.73. The van der Waals surface area contributed by atoms with Gasteiger partial charge in [-0.3, -0.25) is 9.48 Å². The summed E-state index contributed by atoms with van der Waals surface area (Å²) in [5.41, 5.74) is 0.219. The van der Waals surface area contributed by atoms with Crippen LogP contribution in [-0.4, -0.2) is 51.0 Å². The molecular weight excluding hydrogens is 449 g/mol. The molecule has 0 spiro atoms. The Kier molecular flexibility index (Phi) is 6.34. The van der Waals surface area contributed by atoms with Crippen molar-refractivity contribution < 1.29 is 22.7 Å². The molecule has 2 aromatic heterocycles. The van der Waals surface area contributed by atoms with Gasteiger partial charge >= 0.3 is 6.18 Å². The number of aryl methyl sites for hydroxylation is 1. The first-order chi connectivity index (χ1) is 15.8. The summed E-state index contributed by atoms with van der Waals surface area (Å²) in [6.07, 6.45) is -0.972. The molecule has 0 radical (unpaired) electrons. The van der Waals surface area contributed by atoms with Gasteiger partial charge in [-0.2, -0.15) is 18.3 Å². The largest absolute Gasteiger partial charge is 0.433 e. The molecule has 1 aliphatic heterocycles. The number of amides is 1. The van der Waals surface area contributed by atoms with Crippen LogP contribution in [0.4, 0.5) is 24.7 Å². The van der Waals surface area contributed by atoms with E-state index in [1.807, 2.05) is 39.6 Å². The van der Waals surface area contributed by atoms with Crippen LogP contribution in [0.25, 0.3) is 0 Å².